The van der Waals surface area contributed by atoms with Crippen molar-refractivity contribution in [1.82, 2.24) is 0 Å². The zero-order chi connectivity index (χ0) is 10.8. The van der Waals surface area contributed by atoms with Gasteiger partial charge in [-0.25, -0.2) is 0 Å². The van der Waals surface area contributed by atoms with Gasteiger partial charge in [-0.3, -0.25) is 9.59 Å². The number of benzene rings is 1. The van der Waals surface area contributed by atoms with E-state index < -0.39 is 5.91 Å². The Bertz CT molecular complexity index is 527. The fraction of sp³-hybridized carbons (Fsp3) is 0.0909. The summed E-state index contributed by atoms with van der Waals surface area (Å²) in [5, 5.41) is 1.55. The molecule has 2 N–H and O–H groups in total. The Balaban J connectivity index is 2.44. The van der Waals surface area contributed by atoms with Crippen LogP contribution in [0.1, 0.15) is 17.0 Å². The molecule has 0 atom stereocenters. The summed E-state index contributed by atoms with van der Waals surface area (Å²) in [5.41, 5.74) is 4.94. The summed E-state index contributed by atoms with van der Waals surface area (Å²) in [6.07, 6.45) is 1.17. The largest absolute Gasteiger partial charge is 0.460 e. The Kier molecular flexibility index (Phi) is 2.25. The summed E-state index contributed by atoms with van der Waals surface area (Å²) < 4.78 is 5.12. The van der Waals surface area contributed by atoms with Gasteiger partial charge < -0.3 is 10.2 Å². The third kappa shape index (κ3) is 1.74. The minimum atomic E-state index is -0.652. The second-order valence-electron chi connectivity index (χ2n) is 3.22. The number of amides is 1. The summed E-state index contributed by atoms with van der Waals surface area (Å²) in [7, 11) is 0. The molecular weight excluding hydrogens is 194 g/mol. The quantitative estimate of drug-likeness (QED) is 0.606. The van der Waals surface area contributed by atoms with Crippen LogP contribution in [0.25, 0.3) is 10.8 Å². The van der Waals surface area contributed by atoms with Crippen LogP contribution in [-0.2, 0) is 4.79 Å². The van der Waals surface area contributed by atoms with E-state index in [2.05, 4.69) is 0 Å². The van der Waals surface area contributed by atoms with Crippen LogP contribution in [0.5, 0.6) is 0 Å². The molecule has 4 heteroatoms. The number of furan rings is 1. The topological polar surface area (TPSA) is 73.3 Å². The second-order valence-corrected chi connectivity index (χ2v) is 3.22. The first-order valence-corrected chi connectivity index (χ1v) is 4.46. The Morgan fingerprint density at radius 3 is 2.73 bits per heavy atom. The Morgan fingerprint density at radius 1 is 1.27 bits per heavy atom. The lowest BCUT2D eigenvalue weighted by Gasteiger charge is -1.94. The highest BCUT2D eigenvalue weighted by molar-refractivity contribution is 6.12. The molecule has 0 saturated heterocycles. The minimum Gasteiger partial charge on any atom is -0.460 e. The highest BCUT2D eigenvalue weighted by Crippen LogP contribution is 2.21. The molecule has 4 nitrogen and oxygen atoms in total. The summed E-state index contributed by atoms with van der Waals surface area (Å²) in [4.78, 5) is 22.1. The fourth-order valence-corrected chi connectivity index (χ4v) is 1.45. The van der Waals surface area contributed by atoms with E-state index in [1.165, 1.54) is 6.26 Å². The van der Waals surface area contributed by atoms with Gasteiger partial charge in [0.25, 0.3) is 0 Å². The number of fused-ring (bicyclic) bond motifs is 1. The molecule has 0 bridgehead atoms. The van der Waals surface area contributed by atoms with E-state index in [4.69, 9.17) is 10.2 Å². The van der Waals surface area contributed by atoms with Crippen molar-refractivity contribution in [3.63, 3.8) is 0 Å². The molecule has 0 radical (unpaired) electrons. The van der Waals surface area contributed by atoms with Gasteiger partial charge in [0, 0.05) is 10.8 Å². The van der Waals surface area contributed by atoms with Gasteiger partial charge in [-0.15, -0.1) is 0 Å². The first-order valence-electron chi connectivity index (χ1n) is 4.46. The van der Waals surface area contributed by atoms with Crippen molar-refractivity contribution < 1.29 is 14.0 Å². The number of nitrogens with two attached hydrogens (primary N) is 1. The van der Waals surface area contributed by atoms with Crippen LogP contribution in [0.2, 0.25) is 0 Å². The van der Waals surface area contributed by atoms with Crippen LogP contribution in [0, 0.1) is 0 Å². The Morgan fingerprint density at radius 2 is 2.00 bits per heavy atom. The fourth-order valence-electron chi connectivity index (χ4n) is 1.45. The third-order valence-corrected chi connectivity index (χ3v) is 2.10. The maximum absolute atomic E-state index is 11.5. The molecule has 0 saturated carbocycles. The van der Waals surface area contributed by atoms with E-state index in [0.29, 0.717) is 5.39 Å². The number of carbonyl (C=O) groups excluding carboxylic acids is 2. The summed E-state index contributed by atoms with van der Waals surface area (Å²) in [6, 6.07) is 7.26. The summed E-state index contributed by atoms with van der Waals surface area (Å²) >= 11 is 0. The number of carbonyl (C=O) groups is 2. The van der Waals surface area contributed by atoms with Crippen molar-refractivity contribution in [2.45, 2.75) is 6.42 Å². The third-order valence-electron chi connectivity index (χ3n) is 2.10. The molecule has 0 spiro atoms. The van der Waals surface area contributed by atoms with E-state index in [9.17, 15) is 9.59 Å². The van der Waals surface area contributed by atoms with Gasteiger partial charge in [0.15, 0.2) is 5.76 Å². The van der Waals surface area contributed by atoms with Gasteiger partial charge in [-0.05, 0) is 0 Å². The van der Waals surface area contributed by atoms with E-state index in [-0.39, 0.29) is 18.0 Å². The monoisotopic (exact) mass is 203 g/mol. The van der Waals surface area contributed by atoms with E-state index in [1.54, 1.807) is 12.1 Å². The van der Waals surface area contributed by atoms with Crippen molar-refractivity contribution in [1.29, 1.82) is 0 Å². The normalized spacial score (nSPS) is 10.4. The number of hydrogen-bond donors (Lipinski definition) is 1. The molecule has 1 heterocycles. The number of primary amides is 1. The molecule has 1 amide bonds. The van der Waals surface area contributed by atoms with Crippen LogP contribution in [0.15, 0.2) is 34.9 Å². The average molecular weight is 203 g/mol. The molecule has 1 aromatic carbocycles. The minimum absolute atomic E-state index is 0.199. The van der Waals surface area contributed by atoms with Crippen LogP contribution in [0.4, 0.5) is 0 Å². The van der Waals surface area contributed by atoms with Crippen LogP contribution >= 0.6 is 0 Å². The zero-order valence-electron chi connectivity index (χ0n) is 7.90. The predicted octanol–water partition coefficient (Wildman–Crippen LogP) is 1.49. The highest BCUT2D eigenvalue weighted by Gasteiger charge is 2.16. The molecule has 0 unspecified atom stereocenters. The smallest absolute Gasteiger partial charge is 0.225 e. The standard InChI is InChI=1S/C11H9NO3/c12-10(14)5-9(13)11-8-4-2-1-3-7(8)6-15-11/h1-4,6H,5H2,(H2,12,14). The zero-order valence-corrected chi connectivity index (χ0v) is 7.90. The molecule has 0 aliphatic carbocycles. The van der Waals surface area contributed by atoms with E-state index in [1.807, 2.05) is 12.1 Å². The summed E-state index contributed by atoms with van der Waals surface area (Å²) in [5.74, 6) is -0.839. The van der Waals surface area contributed by atoms with Gasteiger partial charge in [-0.2, -0.15) is 0 Å². The van der Waals surface area contributed by atoms with Crippen molar-refractivity contribution in [2.75, 3.05) is 0 Å². The maximum atomic E-state index is 11.5. The lowest BCUT2D eigenvalue weighted by atomic mass is 10.1. The first-order chi connectivity index (χ1) is 7.18. The number of rotatable bonds is 3. The van der Waals surface area contributed by atoms with Crippen molar-refractivity contribution in [2.24, 2.45) is 5.73 Å². The molecular formula is C11H9NO3. The van der Waals surface area contributed by atoms with Crippen molar-refractivity contribution >= 4 is 22.5 Å². The van der Waals surface area contributed by atoms with E-state index >= 15 is 0 Å². The molecule has 2 rings (SSSR count). The Hall–Kier alpha value is -2.10. The molecule has 15 heavy (non-hydrogen) atoms. The molecule has 76 valence electrons. The number of Topliss-reactive ketones (excluding diaryl/α,β-unsaturated/α-hetero) is 1. The Labute approximate surface area is 85.7 Å². The summed E-state index contributed by atoms with van der Waals surface area (Å²) in [6.45, 7) is 0. The van der Waals surface area contributed by atoms with Crippen LogP contribution in [0.3, 0.4) is 0 Å². The van der Waals surface area contributed by atoms with Crippen molar-refractivity contribution in [3.05, 3.63) is 36.3 Å². The van der Waals surface area contributed by atoms with Gasteiger partial charge >= 0.3 is 0 Å². The second kappa shape index (κ2) is 3.57. The van der Waals surface area contributed by atoms with E-state index in [0.717, 1.165) is 5.39 Å². The van der Waals surface area contributed by atoms with Gasteiger partial charge in [0.05, 0.1) is 12.7 Å². The van der Waals surface area contributed by atoms with Gasteiger partial charge in [0.2, 0.25) is 11.7 Å². The van der Waals surface area contributed by atoms with Gasteiger partial charge in [0.1, 0.15) is 0 Å². The SMILES string of the molecule is NC(=O)CC(=O)c1occ2ccccc12. The molecule has 0 aliphatic heterocycles. The number of ketones is 1. The molecule has 2 aromatic rings. The lowest BCUT2D eigenvalue weighted by molar-refractivity contribution is -0.117. The molecule has 0 aliphatic rings. The van der Waals surface area contributed by atoms with Crippen LogP contribution < -0.4 is 5.73 Å². The first kappa shape index (κ1) is 9.45. The lowest BCUT2D eigenvalue weighted by Crippen LogP contribution is -2.15. The highest BCUT2D eigenvalue weighted by atomic mass is 16.3. The average Bonchev–Trinajstić information content (AvgIpc) is 2.59. The van der Waals surface area contributed by atoms with Gasteiger partial charge in [-0.1, -0.05) is 24.3 Å². The van der Waals surface area contributed by atoms with Crippen LogP contribution in [-0.4, -0.2) is 11.7 Å². The number of hydrogen-bond acceptors (Lipinski definition) is 3. The molecule has 0 fully saturated rings. The maximum Gasteiger partial charge on any atom is 0.225 e. The van der Waals surface area contributed by atoms with Crippen molar-refractivity contribution in [3.8, 4) is 0 Å². The predicted molar refractivity (Wildman–Crippen MR) is 54.4 cm³/mol. The molecule has 1 aromatic heterocycles.